The molecule has 1 fully saturated rings. The molecule has 4 nitrogen and oxygen atoms in total. The number of imidazole rings is 1. The molecule has 0 aliphatic heterocycles. The molecule has 2 aliphatic carbocycles. The molecule has 2 aliphatic rings. The Kier molecular flexibility index (Phi) is 3.52. The second kappa shape index (κ2) is 5.69. The standard InChI is InChI=1S/C19H21N3O/c1-13-20-8-9-22(13)12-16-4-2-3-5-18(16)21-19(23)17-11-14-6-7-15(17)10-14/h2-9,14-15,17H,10-12H2,1H3,(H,21,23)/t14-,15+,17+/m1/s1. The van der Waals surface area contributed by atoms with Gasteiger partial charge in [0.25, 0.3) is 0 Å². The summed E-state index contributed by atoms with van der Waals surface area (Å²) in [6, 6.07) is 8.04. The summed E-state index contributed by atoms with van der Waals surface area (Å²) < 4.78 is 2.09. The lowest BCUT2D eigenvalue weighted by molar-refractivity contribution is -0.120. The molecule has 1 aromatic carbocycles. The number of aromatic nitrogens is 2. The van der Waals surface area contributed by atoms with E-state index in [1.165, 1.54) is 0 Å². The van der Waals surface area contributed by atoms with Crippen LogP contribution in [-0.4, -0.2) is 15.5 Å². The van der Waals surface area contributed by atoms with Gasteiger partial charge in [-0.3, -0.25) is 4.79 Å². The predicted molar refractivity (Wildman–Crippen MR) is 90.0 cm³/mol. The number of para-hydroxylation sites is 1. The topological polar surface area (TPSA) is 46.9 Å². The molecular weight excluding hydrogens is 286 g/mol. The molecule has 0 spiro atoms. The largest absolute Gasteiger partial charge is 0.331 e. The van der Waals surface area contributed by atoms with Crippen molar-refractivity contribution in [1.29, 1.82) is 0 Å². The molecule has 2 bridgehead atoms. The summed E-state index contributed by atoms with van der Waals surface area (Å²) >= 11 is 0. The van der Waals surface area contributed by atoms with Crippen molar-refractivity contribution in [3.05, 3.63) is 60.2 Å². The molecule has 2 aromatic rings. The van der Waals surface area contributed by atoms with Gasteiger partial charge in [-0.05, 0) is 43.2 Å². The van der Waals surface area contributed by atoms with E-state index < -0.39 is 0 Å². The van der Waals surface area contributed by atoms with E-state index in [1.807, 2.05) is 31.3 Å². The number of carbonyl (C=O) groups is 1. The van der Waals surface area contributed by atoms with Crippen LogP contribution in [0.5, 0.6) is 0 Å². The third-order valence-electron chi connectivity index (χ3n) is 5.16. The monoisotopic (exact) mass is 307 g/mol. The summed E-state index contributed by atoms with van der Waals surface area (Å²) in [6.45, 7) is 2.71. The minimum atomic E-state index is 0.132. The van der Waals surface area contributed by atoms with Crippen molar-refractivity contribution in [2.24, 2.45) is 17.8 Å². The van der Waals surface area contributed by atoms with E-state index >= 15 is 0 Å². The van der Waals surface area contributed by atoms with E-state index in [-0.39, 0.29) is 11.8 Å². The zero-order chi connectivity index (χ0) is 15.8. The maximum atomic E-state index is 12.7. The van der Waals surface area contributed by atoms with Crippen LogP contribution in [0, 0.1) is 24.7 Å². The van der Waals surface area contributed by atoms with E-state index in [0.29, 0.717) is 11.8 Å². The SMILES string of the molecule is Cc1nccn1Cc1ccccc1NC(=O)[C@H]1C[C@@H]2C=C[C@H]1C2. The summed E-state index contributed by atoms with van der Waals surface area (Å²) in [5.74, 6) is 2.32. The number of nitrogens with zero attached hydrogens (tertiary/aromatic N) is 2. The van der Waals surface area contributed by atoms with Gasteiger partial charge < -0.3 is 9.88 Å². The fourth-order valence-corrected chi connectivity index (χ4v) is 3.84. The molecule has 23 heavy (non-hydrogen) atoms. The maximum Gasteiger partial charge on any atom is 0.228 e. The Morgan fingerprint density at radius 1 is 1.30 bits per heavy atom. The highest BCUT2D eigenvalue weighted by Crippen LogP contribution is 2.43. The molecule has 0 unspecified atom stereocenters. The van der Waals surface area contributed by atoms with Crippen LogP contribution in [0.15, 0.2) is 48.8 Å². The summed E-state index contributed by atoms with van der Waals surface area (Å²) in [5.41, 5.74) is 2.03. The predicted octanol–water partition coefficient (Wildman–Crippen LogP) is 3.39. The van der Waals surface area contributed by atoms with Gasteiger partial charge in [-0.2, -0.15) is 0 Å². The van der Waals surface area contributed by atoms with Gasteiger partial charge in [0.05, 0.1) is 6.54 Å². The molecule has 1 N–H and O–H groups in total. The lowest BCUT2D eigenvalue weighted by Gasteiger charge is -2.19. The fraction of sp³-hybridized carbons (Fsp3) is 0.368. The fourth-order valence-electron chi connectivity index (χ4n) is 3.84. The van der Waals surface area contributed by atoms with Crippen molar-refractivity contribution < 1.29 is 4.79 Å². The normalized spacial score (nSPS) is 25.0. The van der Waals surface area contributed by atoms with Crippen LogP contribution in [-0.2, 0) is 11.3 Å². The average Bonchev–Trinajstić information content (AvgIpc) is 3.27. The molecule has 1 amide bonds. The van der Waals surface area contributed by atoms with E-state index in [9.17, 15) is 4.79 Å². The third kappa shape index (κ3) is 2.69. The smallest absolute Gasteiger partial charge is 0.228 e. The van der Waals surface area contributed by atoms with Gasteiger partial charge in [-0.25, -0.2) is 4.98 Å². The number of aryl methyl sites for hydroxylation is 1. The first-order valence-electron chi connectivity index (χ1n) is 8.25. The summed E-state index contributed by atoms with van der Waals surface area (Å²) in [4.78, 5) is 16.9. The number of allylic oxidation sites excluding steroid dienone is 2. The molecule has 1 heterocycles. The van der Waals surface area contributed by atoms with Crippen molar-refractivity contribution in [3.8, 4) is 0 Å². The lowest BCUT2D eigenvalue weighted by Crippen LogP contribution is -2.26. The third-order valence-corrected chi connectivity index (χ3v) is 5.16. The first kappa shape index (κ1) is 14.2. The van der Waals surface area contributed by atoms with Gasteiger partial charge in [0.2, 0.25) is 5.91 Å². The lowest BCUT2D eigenvalue weighted by atomic mass is 9.92. The Bertz CT molecular complexity index is 761. The average molecular weight is 307 g/mol. The number of amides is 1. The van der Waals surface area contributed by atoms with Crippen molar-refractivity contribution >= 4 is 11.6 Å². The second-order valence-electron chi connectivity index (χ2n) is 6.64. The van der Waals surface area contributed by atoms with Gasteiger partial charge >= 0.3 is 0 Å². The number of anilines is 1. The van der Waals surface area contributed by atoms with Crippen LogP contribution in [0.1, 0.15) is 24.2 Å². The Morgan fingerprint density at radius 3 is 2.87 bits per heavy atom. The Morgan fingerprint density at radius 2 is 2.17 bits per heavy atom. The number of hydrogen-bond donors (Lipinski definition) is 1. The zero-order valence-corrected chi connectivity index (χ0v) is 13.3. The van der Waals surface area contributed by atoms with Crippen LogP contribution in [0.2, 0.25) is 0 Å². The number of rotatable bonds is 4. The molecule has 1 saturated carbocycles. The highest BCUT2D eigenvalue weighted by atomic mass is 16.1. The van der Waals surface area contributed by atoms with Crippen LogP contribution < -0.4 is 5.32 Å². The van der Waals surface area contributed by atoms with Gasteiger partial charge in [0.15, 0.2) is 0 Å². The molecule has 3 atom stereocenters. The number of nitrogens with one attached hydrogen (secondary N) is 1. The van der Waals surface area contributed by atoms with Gasteiger partial charge in [0.1, 0.15) is 5.82 Å². The Labute approximate surface area is 136 Å². The van der Waals surface area contributed by atoms with Crippen molar-refractivity contribution in [2.45, 2.75) is 26.3 Å². The second-order valence-corrected chi connectivity index (χ2v) is 6.64. The van der Waals surface area contributed by atoms with Crippen LogP contribution in [0.25, 0.3) is 0 Å². The van der Waals surface area contributed by atoms with Crippen LogP contribution in [0.4, 0.5) is 5.69 Å². The Balaban J connectivity index is 1.52. The molecule has 118 valence electrons. The minimum Gasteiger partial charge on any atom is -0.331 e. The van der Waals surface area contributed by atoms with Crippen molar-refractivity contribution in [1.82, 2.24) is 9.55 Å². The van der Waals surface area contributed by atoms with Gasteiger partial charge in [-0.15, -0.1) is 0 Å². The highest BCUT2D eigenvalue weighted by Gasteiger charge is 2.39. The maximum absolute atomic E-state index is 12.7. The first-order chi connectivity index (χ1) is 11.2. The highest BCUT2D eigenvalue weighted by molar-refractivity contribution is 5.94. The zero-order valence-electron chi connectivity index (χ0n) is 13.3. The number of hydrogen-bond acceptors (Lipinski definition) is 2. The number of benzene rings is 1. The first-order valence-corrected chi connectivity index (χ1v) is 8.25. The molecule has 4 heteroatoms. The van der Waals surface area contributed by atoms with Crippen LogP contribution >= 0.6 is 0 Å². The van der Waals surface area contributed by atoms with Crippen molar-refractivity contribution in [3.63, 3.8) is 0 Å². The van der Waals surface area contributed by atoms with E-state index in [0.717, 1.165) is 36.5 Å². The summed E-state index contributed by atoms with van der Waals surface area (Å²) in [5, 5.41) is 3.16. The quantitative estimate of drug-likeness (QED) is 0.880. The van der Waals surface area contributed by atoms with E-state index in [2.05, 4.69) is 33.1 Å². The molecular formula is C19H21N3O. The van der Waals surface area contributed by atoms with Gasteiger partial charge in [-0.1, -0.05) is 30.4 Å². The van der Waals surface area contributed by atoms with E-state index in [1.54, 1.807) is 6.20 Å². The Hall–Kier alpha value is -2.36. The molecule has 0 radical (unpaired) electrons. The number of carbonyl (C=O) groups excluding carboxylic acids is 1. The minimum absolute atomic E-state index is 0.132. The molecule has 1 aromatic heterocycles. The van der Waals surface area contributed by atoms with Gasteiger partial charge in [0, 0.05) is 24.0 Å². The molecule has 4 rings (SSSR count). The number of fused-ring (bicyclic) bond motifs is 2. The summed E-state index contributed by atoms with van der Waals surface area (Å²) in [6.07, 6.45) is 10.4. The summed E-state index contributed by atoms with van der Waals surface area (Å²) in [7, 11) is 0. The van der Waals surface area contributed by atoms with Crippen LogP contribution in [0.3, 0.4) is 0 Å². The molecule has 0 saturated heterocycles. The van der Waals surface area contributed by atoms with Crippen molar-refractivity contribution in [2.75, 3.05) is 5.32 Å². The van der Waals surface area contributed by atoms with E-state index in [4.69, 9.17) is 0 Å².